The lowest BCUT2D eigenvalue weighted by atomic mass is 10.1. The molecule has 1 fully saturated rings. The highest BCUT2D eigenvalue weighted by Gasteiger charge is 2.16. The number of aromatic nitrogens is 2. The minimum Gasteiger partial charge on any atom is -0.363 e. The molecular formula is C12H18N4. The maximum absolute atomic E-state index is 4.53. The molecule has 0 amide bonds. The number of anilines is 2. The lowest BCUT2D eigenvalue weighted by Crippen LogP contribution is -2.32. The number of hydrogen-bond donors (Lipinski definition) is 0. The van der Waals surface area contributed by atoms with Gasteiger partial charge in [0.15, 0.2) is 0 Å². The van der Waals surface area contributed by atoms with Gasteiger partial charge in [-0.3, -0.25) is 0 Å². The molecule has 0 bridgehead atoms. The van der Waals surface area contributed by atoms with E-state index in [0.29, 0.717) is 0 Å². The third-order valence-corrected chi connectivity index (χ3v) is 2.74. The predicted molar refractivity (Wildman–Crippen MR) is 66.9 cm³/mol. The molecule has 0 aromatic carbocycles. The average Bonchev–Trinajstić information content (AvgIpc) is 2.29. The maximum Gasteiger partial charge on any atom is 0.227 e. The van der Waals surface area contributed by atoms with Crippen LogP contribution >= 0.6 is 0 Å². The van der Waals surface area contributed by atoms with E-state index in [2.05, 4.69) is 21.4 Å². The van der Waals surface area contributed by atoms with Gasteiger partial charge in [-0.2, -0.15) is 4.98 Å². The Morgan fingerprint density at radius 1 is 1.44 bits per heavy atom. The van der Waals surface area contributed by atoms with Gasteiger partial charge < -0.3 is 9.80 Å². The van der Waals surface area contributed by atoms with E-state index in [1.54, 1.807) is 0 Å². The fourth-order valence-electron chi connectivity index (χ4n) is 1.86. The normalized spacial score (nSPS) is 16.4. The van der Waals surface area contributed by atoms with E-state index in [0.717, 1.165) is 37.7 Å². The average molecular weight is 218 g/mol. The number of hydrogen-bond acceptors (Lipinski definition) is 4. The quantitative estimate of drug-likeness (QED) is 0.707. The van der Waals surface area contributed by atoms with Gasteiger partial charge in [-0.15, -0.1) is 0 Å². The summed E-state index contributed by atoms with van der Waals surface area (Å²) >= 11 is 0. The number of nitrogens with zero attached hydrogens (tertiary/aromatic N) is 4. The second kappa shape index (κ2) is 4.51. The summed E-state index contributed by atoms with van der Waals surface area (Å²) in [5.74, 6) is 1.76. The molecule has 1 aliphatic heterocycles. The molecule has 2 rings (SSSR count). The summed E-state index contributed by atoms with van der Waals surface area (Å²) in [4.78, 5) is 13.0. The van der Waals surface area contributed by atoms with Crippen molar-refractivity contribution < 1.29 is 0 Å². The van der Waals surface area contributed by atoms with E-state index in [-0.39, 0.29) is 0 Å². The first-order valence-corrected chi connectivity index (χ1v) is 5.59. The summed E-state index contributed by atoms with van der Waals surface area (Å²) in [7, 11) is 3.97. The van der Waals surface area contributed by atoms with Crippen molar-refractivity contribution in [3.05, 3.63) is 24.4 Å². The zero-order chi connectivity index (χ0) is 11.5. The Hall–Kier alpha value is -1.58. The molecule has 0 aliphatic carbocycles. The molecule has 1 aromatic rings. The Balaban J connectivity index is 2.19. The molecule has 0 saturated carbocycles. The lowest BCUT2D eigenvalue weighted by Gasteiger charge is -2.28. The molecule has 0 N–H and O–H groups in total. The standard InChI is InChI=1S/C12H18N4/c1-10-5-4-8-16(9-10)12-13-7-6-11(14-12)15(2)3/h6-7H,1,4-5,8-9H2,2-3H3. The van der Waals surface area contributed by atoms with Crippen LogP contribution in [-0.4, -0.2) is 37.2 Å². The van der Waals surface area contributed by atoms with E-state index in [1.165, 1.54) is 5.57 Å². The monoisotopic (exact) mass is 218 g/mol. The van der Waals surface area contributed by atoms with Crippen LogP contribution in [0.1, 0.15) is 12.8 Å². The van der Waals surface area contributed by atoms with Crippen LogP contribution in [-0.2, 0) is 0 Å². The van der Waals surface area contributed by atoms with E-state index in [4.69, 9.17) is 0 Å². The van der Waals surface area contributed by atoms with Crippen LogP contribution in [0.25, 0.3) is 0 Å². The van der Waals surface area contributed by atoms with Crippen molar-refractivity contribution in [3.63, 3.8) is 0 Å². The van der Waals surface area contributed by atoms with Crippen molar-refractivity contribution in [2.24, 2.45) is 0 Å². The maximum atomic E-state index is 4.53. The SMILES string of the molecule is C=C1CCCN(c2nccc(N(C)C)n2)C1. The van der Waals surface area contributed by atoms with Gasteiger partial charge in [0.2, 0.25) is 5.95 Å². The van der Waals surface area contributed by atoms with Crippen LogP contribution in [0.15, 0.2) is 24.4 Å². The van der Waals surface area contributed by atoms with Crippen molar-refractivity contribution in [1.82, 2.24) is 9.97 Å². The zero-order valence-corrected chi connectivity index (χ0v) is 9.98. The molecule has 1 saturated heterocycles. The van der Waals surface area contributed by atoms with Gasteiger partial charge in [0, 0.05) is 33.4 Å². The first-order chi connectivity index (χ1) is 7.66. The van der Waals surface area contributed by atoms with Crippen molar-refractivity contribution in [2.75, 3.05) is 37.0 Å². The summed E-state index contributed by atoms with van der Waals surface area (Å²) in [5.41, 5.74) is 1.27. The Morgan fingerprint density at radius 3 is 2.94 bits per heavy atom. The molecule has 16 heavy (non-hydrogen) atoms. The van der Waals surface area contributed by atoms with Crippen LogP contribution in [0.4, 0.5) is 11.8 Å². The third kappa shape index (κ3) is 2.32. The van der Waals surface area contributed by atoms with E-state index in [9.17, 15) is 0 Å². The molecule has 86 valence electrons. The highest BCUT2D eigenvalue weighted by atomic mass is 15.3. The summed E-state index contributed by atoms with van der Waals surface area (Å²) in [5, 5.41) is 0. The van der Waals surface area contributed by atoms with Crippen LogP contribution in [0, 0.1) is 0 Å². The summed E-state index contributed by atoms with van der Waals surface area (Å²) in [6.45, 7) is 5.95. The molecule has 4 heteroatoms. The van der Waals surface area contributed by atoms with Crippen molar-refractivity contribution in [3.8, 4) is 0 Å². The fourth-order valence-corrected chi connectivity index (χ4v) is 1.86. The smallest absolute Gasteiger partial charge is 0.227 e. The van der Waals surface area contributed by atoms with E-state index < -0.39 is 0 Å². The van der Waals surface area contributed by atoms with E-state index >= 15 is 0 Å². The highest BCUT2D eigenvalue weighted by molar-refractivity contribution is 5.43. The van der Waals surface area contributed by atoms with Crippen LogP contribution in [0.3, 0.4) is 0 Å². The number of piperidine rings is 1. The Kier molecular flexibility index (Phi) is 3.08. The van der Waals surface area contributed by atoms with Gasteiger partial charge in [0.05, 0.1) is 0 Å². The van der Waals surface area contributed by atoms with Crippen LogP contribution in [0.5, 0.6) is 0 Å². The first-order valence-electron chi connectivity index (χ1n) is 5.59. The van der Waals surface area contributed by atoms with Crippen LogP contribution < -0.4 is 9.80 Å². The summed E-state index contributed by atoms with van der Waals surface area (Å²) < 4.78 is 0. The van der Waals surface area contributed by atoms with Crippen molar-refractivity contribution in [2.45, 2.75) is 12.8 Å². The van der Waals surface area contributed by atoms with Crippen molar-refractivity contribution >= 4 is 11.8 Å². The van der Waals surface area contributed by atoms with Gasteiger partial charge in [0.25, 0.3) is 0 Å². The van der Waals surface area contributed by atoms with Crippen LogP contribution in [0.2, 0.25) is 0 Å². The molecule has 0 radical (unpaired) electrons. The molecule has 0 spiro atoms. The second-order valence-corrected chi connectivity index (χ2v) is 4.38. The second-order valence-electron chi connectivity index (χ2n) is 4.38. The van der Waals surface area contributed by atoms with Gasteiger partial charge in [0.1, 0.15) is 5.82 Å². The summed E-state index contributed by atoms with van der Waals surface area (Å²) in [6.07, 6.45) is 4.09. The largest absolute Gasteiger partial charge is 0.363 e. The third-order valence-electron chi connectivity index (χ3n) is 2.74. The Morgan fingerprint density at radius 2 is 2.25 bits per heavy atom. The molecule has 4 nitrogen and oxygen atoms in total. The molecule has 2 heterocycles. The van der Waals surface area contributed by atoms with E-state index in [1.807, 2.05) is 31.3 Å². The highest BCUT2D eigenvalue weighted by Crippen LogP contribution is 2.19. The number of rotatable bonds is 2. The lowest BCUT2D eigenvalue weighted by molar-refractivity contribution is 0.663. The molecule has 0 unspecified atom stereocenters. The molecule has 0 atom stereocenters. The summed E-state index contributed by atoms with van der Waals surface area (Å²) in [6, 6.07) is 1.92. The van der Waals surface area contributed by atoms with Gasteiger partial charge in [-0.05, 0) is 18.9 Å². The topological polar surface area (TPSA) is 32.3 Å². The molecule has 1 aromatic heterocycles. The Labute approximate surface area is 96.6 Å². The van der Waals surface area contributed by atoms with Gasteiger partial charge in [-0.25, -0.2) is 4.98 Å². The van der Waals surface area contributed by atoms with Gasteiger partial charge in [-0.1, -0.05) is 12.2 Å². The minimum absolute atomic E-state index is 0.812. The predicted octanol–water partition coefficient (Wildman–Crippen LogP) is 1.70. The first kappa shape index (κ1) is 10.9. The zero-order valence-electron chi connectivity index (χ0n) is 9.98. The molecular weight excluding hydrogens is 200 g/mol. The Bertz CT molecular complexity index is 386. The minimum atomic E-state index is 0.812. The van der Waals surface area contributed by atoms with Crippen molar-refractivity contribution in [1.29, 1.82) is 0 Å². The molecule has 1 aliphatic rings. The van der Waals surface area contributed by atoms with Gasteiger partial charge >= 0.3 is 0 Å². The fraction of sp³-hybridized carbons (Fsp3) is 0.500.